The van der Waals surface area contributed by atoms with E-state index >= 15 is 0 Å². The summed E-state index contributed by atoms with van der Waals surface area (Å²) in [5, 5.41) is 0. The van der Waals surface area contributed by atoms with Gasteiger partial charge in [-0.25, -0.2) is 25.3 Å². The number of benzene rings is 1. The lowest BCUT2D eigenvalue weighted by Gasteiger charge is -2.13. The van der Waals surface area contributed by atoms with Crippen molar-refractivity contribution < 1.29 is 38.4 Å². The van der Waals surface area contributed by atoms with E-state index in [1.54, 1.807) is 4.72 Å². The van der Waals surface area contributed by atoms with Crippen molar-refractivity contribution in [2.75, 3.05) is 6.26 Å². The van der Waals surface area contributed by atoms with Crippen LogP contribution in [0, 0.1) is 0 Å². The van der Waals surface area contributed by atoms with Crippen LogP contribution >= 0.6 is 0 Å². The summed E-state index contributed by atoms with van der Waals surface area (Å²) in [4.78, 5) is -0.520. The van der Waals surface area contributed by atoms with Crippen molar-refractivity contribution in [1.82, 2.24) is 4.72 Å². The third kappa shape index (κ3) is 2.83. The molecule has 0 atom stereocenters. The average molecular weight is 391 g/mol. The molecule has 1 aliphatic heterocycles. The molecule has 1 aromatic carbocycles. The molecule has 1 aliphatic rings. The zero-order valence-corrected chi connectivity index (χ0v) is 13.6. The van der Waals surface area contributed by atoms with Gasteiger partial charge in [-0.15, -0.1) is 0 Å². The Labute approximate surface area is 129 Å². The minimum atomic E-state index is -6.31. The van der Waals surface area contributed by atoms with E-state index in [2.05, 4.69) is 0 Å². The summed E-state index contributed by atoms with van der Waals surface area (Å²) in [6.07, 6.45) is 0.244. The fraction of sp³-hybridized carbons (Fsp3) is 0.200. The molecule has 0 radical (unpaired) electrons. The molecular weight excluding hydrogens is 383 g/mol. The third-order valence-corrected chi connectivity index (χ3v) is 7.93. The van der Waals surface area contributed by atoms with Crippen LogP contribution in [0.1, 0.15) is 5.56 Å². The first-order chi connectivity index (χ1) is 10.2. The van der Waals surface area contributed by atoms with Crippen LogP contribution in [-0.2, 0) is 29.7 Å². The molecule has 0 spiro atoms. The summed E-state index contributed by atoms with van der Waals surface area (Å²) in [7, 11) is -15.6. The molecule has 1 N–H and O–H groups in total. The van der Waals surface area contributed by atoms with E-state index < -0.39 is 55.6 Å². The first-order valence-electron chi connectivity index (χ1n) is 5.57. The van der Waals surface area contributed by atoms with Gasteiger partial charge in [0.2, 0.25) is 0 Å². The van der Waals surface area contributed by atoms with Gasteiger partial charge in [0.05, 0.1) is 10.6 Å². The standard InChI is InChI=1S/C10H8F3NO6S3/c1-21(15,16)9(22(17,18)10(11,12)13)8-6-4-2-3-5-7(6)23(19,20)14-8/h2-5,14H,1H3/b9-8-. The number of rotatable bonds is 2. The van der Waals surface area contributed by atoms with Crippen LogP contribution in [0.3, 0.4) is 0 Å². The molecule has 128 valence electrons. The normalized spacial score (nSPS) is 19.8. The average Bonchev–Trinajstić information content (AvgIpc) is 2.59. The molecule has 0 fully saturated rings. The van der Waals surface area contributed by atoms with Crippen molar-refractivity contribution in [3.05, 3.63) is 34.1 Å². The minimum Gasteiger partial charge on any atom is -0.277 e. The largest absolute Gasteiger partial charge is 0.502 e. The maximum atomic E-state index is 12.8. The van der Waals surface area contributed by atoms with Crippen molar-refractivity contribution in [3.63, 3.8) is 0 Å². The Morgan fingerprint density at radius 3 is 2.09 bits per heavy atom. The van der Waals surface area contributed by atoms with Gasteiger partial charge in [0.15, 0.2) is 14.1 Å². The number of halogens is 3. The van der Waals surface area contributed by atoms with Gasteiger partial charge in [0.25, 0.3) is 19.9 Å². The Kier molecular flexibility index (Phi) is 3.82. The molecule has 13 heteroatoms. The van der Waals surface area contributed by atoms with E-state index in [9.17, 15) is 38.4 Å². The molecule has 0 aliphatic carbocycles. The highest BCUT2D eigenvalue weighted by atomic mass is 32.3. The zero-order valence-electron chi connectivity index (χ0n) is 11.1. The lowest BCUT2D eigenvalue weighted by molar-refractivity contribution is -0.0424. The molecule has 0 saturated heterocycles. The van der Waals surface area contributed by atoms with Crippen LogP contribution in [0.25, 0.3) is 5.70 Å². The van der Waals surface area contributed by atoms with Gasteiger partial charge in [0, 0.05) is 11.8 Å². The highest BCUT2D eigenvalue weighted by molar-refractivity contribution is 8.14. The van der Waals surface area contributed by atoms with Gasteiger partial charge >= 0.3 is 5.51 Å². The molecule has 0 unspecified atom stereocenters. The molecule has 0 bridgehead atoms. The van der Waals surface area contributed by atoms with Crippen molar-refractivity contribution in [2.45, 2.75) is 10.4 Å². The molecule has 23 heavy (non-hydrogen) atoms. The van der Waals surface area contributed by atoms with Crippen LogP contribution in [0.4, 0.5) is 13.2 Å². The second-order valence-corrected chi connectivity index (χ2v) is 10.2. The quantitative estimate of drug-likeness (QED) is 0.789. The van der Waals surface area contributed by atoms with Crippen LogP contribution in [-0.4, -0.2) is 37.0 Å². The van der Waals surface area contributed by atoms with Gasteiger partial charge in [-0.2, -0.15) is 13.2 Å². The summed E-state index contributed by atoms with van der Waals surface area (Å²) < 4.78 is 108. The molecule has 0 amide bonds. The Balaban J connectivity index is 3.02. The summed E-state index contributed by atoms with van der Waals surface area (Å²) in [6.45, 7) is 0. The van der Waals surface area contributed by atoms with Crippen LogP contribution in [0.5, 0.6) is 0 Å². The SMILES string of the molecule is CS(=O)(=O)/C(=C1/NS(=O)(=O)c2ccccc21)S(=O)(=O)C(F)(F)F. The maximum Gasteiger partial charge on any atom is 0.502 e. The van der Waals surface area contributed by atoms with E-state index in [4.69, 9.17) is 0 Å². The van der Waals surface area contributed by atoms with E-state index in [1.807, 2.05) is 0 Å². The molecule has 2 rings (SSSR count). The van der Waals surface area contributed by atoms with Gasteiger partial charge < -0.3 is 0 Å². The second-order valence-electron chi connectivity index (χ2n) is 4.49. The van der Waals surface area contributed by atoms with E-state index in [-0.39, 0.29) is 6.26 Å². The highest BCUT2D eigenvalue weighted by Crippen LogP contribution is 2.40. The summed E-state index contributed by atoms with van der Waals surface area (Å²) in [5.41, 5.74) is -7.53. The maximum absolute atomic E-state index is 12.8. The number of alkyl halides is 3. The number of fused-ring (bicyclic) bond motifs is 1. The molecule has 1 heterocycles. The first kappa shape index (κ1) is 17.7. The smallest absolute Gasteiger partial charge is 0.277 e. The molecule has 0 saturated carbocycles. The Morgan fingerprint density at radius 1 is 1.09 bits per heavy atom. The van der Waals surface area contributed by atoms with Gasteiger partial charge in [-0.3, -0.25) is 4.72 Å². The van der Waals surface area contributed by atoms with Gasteiger partial charge in [0.1, 0.15) is 0 Å². The number of nitrogens with one attached hydrogen (secondary N) is 1. The Hall–Kier alpha value is -1.60. The fourth-order valence-electron chi connectivity index (χ4n) is 1.93. The predicted molar refractivity (Wildman–Crippen MR) is 73.5 cm³/mol. The number of sulfone groups is 2. The Morgan fingerprint density at radius 2 is 1.61 bits per heavy atom. The lowest BCUT2D eigenvalue weighted by atomic mass is 10.2. The molecule has 0 aromatic heterocycles. The van der Waals surface area contributed by atoms with Crippen molar-refractivity contribution >= 4 is 35.4 Å². The van der Waals surface area contributed by atoms with Crippen LogP contribution in [0.2, 0.25) is 0 Å². The summed E-state index contributed by atoms with van der Waals surface area (Å²) in [6, 6.07) is 4.48. The molecule has 1 aromatic rings. The lowest BCUT2D eigenvalue weighted by Crippen LogP contribution is -2.30. The topological polar surface area (TPSA) is 114 Å². The summed E-state index contributed by atoms with van der Waals surface area (Å²) >= 11 is 0. The predicted octanol–water partition coefficient (Wildman–Crippen LogP) is 0.584. The zero-order chi connectivity index (χ0) is 17.8. The Bertz CT molecular complexity index is 1020. The number of hydrogen-bond donors (Lipinski definition) is 1. The third-order valence-electron chi connectivity index (χ3n) is 2.77. The van der Waals surface area contributed by atoms with Crippen LogP contribution < -0.4 is 4.72 Å². The number of sulfonamides is 1. The molecule has 7 nitrogen and oxygen atoms in total. The van der Waals surface area contributed by atoms with Crippen LogP contribution in [0.15, 0.2) is 33.4 Å². The number of hydrogen-bond acceptors (Lipinski definition) is 6. The van der Waals surface area contributed by atoms with Crippen molar-refractivity contribution in [1.29, 1.82) is 0 Å². The van der Waals surface area contributed by atoms with E-state index in [0.29, 0.717) is 0 Å². The molecular formula is C10H8F3NO6S3. The van der Waals surface area contributed by atoms with Crippen molar-refractivity contribution in [3.8, 4) is 0 Å². The monoisotopic (exact) mass is 391 g/mol. The van der Waals surface area contributed by atoms with E-state index in [1.165, 1.54) is 12.1 Å². The fourth-order valence-corrected chi connectivity index (χ4v) is 6.41. The van der Waals surface area contributed by atoms with Crippen molar-refractivity contribution in [2.24, 2.45) is 0 Å². The second kappa shape index (κ2) is 4.95. The highest BCUT2D eigenvalue weighted by Gasteiger charge is 2.54. The van der Waals surface area contributed by atoms with Gasteiger partial charge in [-0.05, 0) is 6.07 Å². The first-order valence-corrected chi connectivity index (χ1v) is 10.4. The summed E-state index contributed by atoms with van der Waals surface area (Å²) in [5.74, 6) is 0. The minimum absolute atomic E-state index is 0.244. The van der Waals surface area contributed by atoms with E-state index in [0.717, 1.165) is 12.1 Å². The van der Waals surface area contributed by atoms with Gasteiger partial charge in [-0.1, -0.05) is 18.2 Å².